The summed E-state index contributed by atoms with van der Waals surface area (Å²) in [5, 5.41) is 3.01. The number of thiophene rings is 1. The summed E-state index contributed by atoms with van der Waals surface area (Å²) in [6, 6.07) is 11.4. The van der Waals surface area contributed by atoms with Crippen LogP contribution < -0.4 is 14.9 Å². The number of aromatic nitrogens is 2. The highest BCUT2D eigenvalue weighted by molar-refractivity contribution is 7.10. The van der Waals surface area contributed by atoms with Crippen molar-refractivity contribution in [3.8, 4) is 0 Å². The second-order valence-corrected chi connectivity index (χ2v) is 9.85. The summed E-state index contributed by atoms with van der Waals surface area (Å²) in [5.41, 5.74) is 2.85. The van der Waals surface area contributed by atoms with Crippen molar-refractivity contribution < 1.29 is 9.53 Å². The molecule has 6 nitrogen and oxygen atoms in total. The minimum Gasteiger partial charge on any atom is -0.463 e. The maximum Gasteiger partial charge on any atom is 0.338 e. The van der Waals surface area contributed by atoms with E-state index in [2.05, 4.69) is 28.3 Å². The first-order valence-corrected chi connectivity index (χ1v) is 12.6. The van der Waals surface area contributed by atoms with Gasteiger partial charge in [-0.2, -0.15) is 0 Å². The fourth-order valence-corrected chi connectivity index (χ4v) is 6.19. The van der Waals surface area contributed by atoms with Crippen molar-refractivity contribution in [2.24, 2.45) is 4.99 Å². The van der Waals surface area contributed by atoms with Gasteiger partial charge in [-0.15, -0.1) is 17.9 Å². The normalized spacial score (nSPS) is 15.9. The molecule has 0 spiro atoms. The summed E-state index contributed by atoms with van der Waals surface area (Å²) in [6.45, 7) is 8.35. The van der Waals surface area contributed by atoms with Gasteiger partial charge in [-0.3, -0.25) is 9.36 Å². The Bertz CT molecular complexity index is 1620. The average molecular weight is 490 g/mol. The first-order chi connectivity index (χ1) is 16.5. The monoisotopic (exact) mass is 489 g/mol. The minimum atomic E-state index is -0.556. The standard InChI is InChI=1S/C26H23N3O3S2/c1-4-12-28-15-17(18-9-6-7-10-19(18)28)14-21-24(30)29-23(20-11-8-13-33-20)22(25(31)32-5-2)16(3)27-26(29)34-21/h4,6-11,13-15,23H,1,5,12H2,2-3H3/b21-14-/t23-/m1/s1. The number of ether oxygens (including phenoxy) is 1. The van der Waals surface area contributed by atoms with E-state index < -0.39 is 12.0 Å². The second kappa shape index (κ2) is 9.04. The second-order valence-electron chi connectivity index (χ2n) is 7.86. The van der Waals surface area contributed by atoms with Gasteiger partial charge in [-0.25, -0.2) is 9.79 Å². The summed E-state index contributed by atoms with van der Waals surface area (Å²) in [7, 11) is 0. The largest absolute Gasteiger partial charge is 0.463 e. The van der Waals surface area contributed by atoms with Crippen LogP contribution in [0, 0.1) is 0 Å². The molecule has 0 fully saturated rings. The Kier molecular flexibility index (Phi) is 5.93. The number of esters is 1. The lowest BCUT2D eigenvalue weighted by Crippen LogP contribution is -2.39. The summed E-state index contributed by atoms with van der Waals surface area (Å²) >= 11 is 2.84. The Labute approximate surface area is 204 Å². The molecule has 8 heteroatoms. The molecule has 0 radical (unpaired) electrons. The number of thiazole rings is 1. The Morgan fingerprint density at radius 3 is 2.82 bits per heavy atom. The molecule has 0 aliphatic carbocycles. The molecule has 0 amide bonds. The van der Waals surface area contributed by atoms with Gasteiger partial charge in [0.25, 0.3) is 5.56 Å². The van der Waals surface area contributed by atoms with Crippen LogP contribution in [0.2, 0.25) is 0 Å². The maximum absolute atomic E-state index is 13.7. The third-order valence-corrected chi connectivity index (χ3v) is 7.67. The van der Waals surface area contributed by atoms with Crippen molar-refractivity contribution in [3.05, 3.63) is 102 Å². The highest BCUT2D eigenvalue weighted by Crippen LogP contribution is 2.33. The van der Waals surface area contributed by atoms with Crippen LogP contribution in [0.25, 0.3) is 17.0 Å². The summed E-state index contributed by atoms with van der Waals surface area (Å²) in [4.78, 5) is 32.7. The molecule has 1 aliphatic rings. The molecule has 1 aliphatic heterocycles. The molecule has 4 heterocycles. The number of allylic oxidation sites excluding steroid dienone is 2. The molecule has 34 heavy (non-hydrogen) atoms. The zero-order valence-electron chi connectivity index (χ0n) is 18.9. The van der Waals surface area contributed by atoms with Crippen molar-refractivity contribution in [1.82, 2.24) is 9.13 Å². The molecular weight excluding hydrogens is 466 g/mol. The van der Waals surface area contributed by atoms with Gasteiger partial charge in [0.05, 0.1) is 22.4 Å². The van der Waals surface area contributed by atoms with Crippen LogP contribution in [-0.2, 0) is 16.1 Å². The fraction of sp³-hybridized carbons (Fsp3) is 0.192. The third-order valence-electron chi connectivity index (χ3n) is 5.76. The molecular formula is C26H23N3O3S2. The lowest BCUT2D eigenvalue weighted by molar-refractivity contribution is -0.139. The lowest BCUT2D eigenvalue weighted by atomic mass is 10.0. The number of hydrogen-bond donors (Lipinski definition) is 0. The molecule has 0 unspecified atom stereocenters. The number of benzene rings is 1. The van der Waals surface area contributed by atoms with Gasteiger partial charge >= 0.3 is 5.97 Å². The quantitative estimate of drug-likeness (QED) is 0.304. The van der Waals surface area contributed by atoms with Gasteiger partial charge in [-0.1, -0.05) is 41.7 Å². The third kappa shape index (κ3) is 3.69. The Morgan fingerprint density at radius 2 is 2.09 bits per heavy atom. The van der Waals surface area contributed by atoms with E-state index in [0.717, 1.165) is 21.3 Å². The predicted octanol–water partition coefficient (Wildman–Crippen LogP) is 4.00. The Hall–Kier alpha value is -3.49. The number of carbonyl (C=O) groups excluding carboxylic acids is 1. The van der Waals surface area contributed by atoms with Gasteiger partial charge in [0, 0.05) is 34.1 Å². The van der Waals surface area contributed by atoms with Crippen molar-refractivity contribution in [1.29, 1.82) is 0 Å². The number of rotatable bonds is 6. The van der Waals surface area contributed by atoms with E-state index in [0.29, 0.717) is 27.1 Å². The van der Waals surface area contributed by atoms with Crippen LogP contribution in [0.15, 0.2) is 81.7 Å². The van der Waals surface area contributed by atoms with Crippen molar-refractivity contribution in [3.63, 3.8) is 0 Å². The molecule has 1 atom stereocenters. The Morgan fingerprint density at radius 1 is 1.26 bits per heavy atom. The van der Waals surface area contributed by atoms with Crippen LogP contribution in [0.1, 0.15) is 30.3 Å². The van der Waals surface area contributed by atoms with Crippen LogP contribution in [-0.4, -0.2) is 21.7 Å². The molecule has 0 saturated heterocycles. The summed E-state index contributed by atoms with van der Waals surface area (Å²) in [6.07, 6.45) is 5.81. The van der Waals surface area contributed by atoms with Crippen molar-refractivity contribution >= 4 is 45.6 Å². The molecule has 172 valence electrons. The van der Waals surface area contributed by atoms with Crippen LogP contribution >= 0.6 is 22.7 Å². The van der Waals surface area contributed by atoms with Crippen LogP contribution in [0.3, 0.4) is 0 Å². The first-order valence-electron chi connectivity index (χ1n) is 10.9. The molecule has 0 saturated carbocycles. The first kappa shape index (κ1) is 22.3. The molecule has 3 aromatic heterocycles. The molecule has 4 aromatic rings. The number of nitrogens with zero attached hydrogens (tertiary/aromatic N) is 3. The van der Waals surface area contributed by atoms with E-state index in [1.165, 1.54) is 22.7 Å². The van der Waals surface area contributed by atoms with Crippen LogP contribution in [0.5, 0.6) is 0 Å². The fourth-order valence-electron chi connectivity index (χ4n) is 4.33. The lowest BCUT2D eigenvalue weighted by Gasteiger charge is -2.23. The van der Waals surface area contributed by atoms with Gasteiger partial charge in [0.2, 0.25) is 0 Å². The number of hydrogen-bond acceptors (Lipinski definition) is 6. The zero-order chi connectivity index (χ0) is 23.8. The number of carbonyl (C=O) groups is 1. The molecule has 5 rings (SSSR count). The van der Waals surface area contributed by atoms with E-state index in [4.69, 9.17) is 4.74 Å². The topological polar surface area (TPSA) is 65.6 Å². The number of para-hydroxylation sites is 1. The number of fused-ring (bicyclic) bond motifs is 2. The van der Waals surface area contributed by atoms with E-state index >= 15 is 0 Å². The van der Waals surface area contributed by atoms with Crippen LogP contribution in [0.4, 0.5) is 0 Å². The minimum absolute atomic E-state index is 0.169. The highest BCUT2D eigenvalue weighted by atomic mass is 32.1. The maximum atomic E-state index is 13.7. The van der Waals surface area contributed by atoms with Crippen molar-refractivity contribution in [2.75, 3.05) is 6.61 Å². The SMILES string of the molecule is C=CCn1cc(/C=c2\sc3n(c2=O)[C@H](c2cccs2)C(C(=O)OCC)=C(C)N=3)c2ccccc21. The summed E-state index contributed by atoms with van der Waals surface area (Å²) < 4.78 is 9.64. The zero-order valence-corrected chi connectivity index (χ0v) is 20.5. The van der Waals surface area contributed by atoms with Gasteiger partial charge in [0.1, 0.15) is 6.04 Å². The Balaban J connectivity index is 1.73. The summed E-state index contributed by atoms with van der Waals surface area (Å²) in [5.74, 6) is -0.441. The van der Waals surface area contributed by atoms with Gasteiger partial charge in [0.15, 0.2) is 4.80 Å². The smallest absolute Gasteiger partial charge is 0.338 e. The van der Waals surface area contributed by atoms with Gasteiger partial charge in [-0.05, 0) is 37.4 Å². The molecule has 0 N–H and O–H groups in total. The average Bonchev–Trinajstić information content (AvgIpc) is 3.54. The molecule has 1 aromatic carbocycles. The van der Waals surface area contributed by atoms with E-state index in [1.54, 1.807) is 18.4 Å². The predicted molar refractivity (Wildman–Crippen MR) is 137 cm³/mol. The van der Waals surface area contributed by atoms with Crippen molar-refractivity contribution in [2.45, 2.75) is 26.4 Å². The highest BCUT2D eigenvalue weighted by Gasteiger charge is 2.33. The van der Waals surface area contributed by atoms with E-state index in [-0.39, 0.29) is 12.2 Å². The van der Waals surface area contributed by atoms with E-state index in [1.807, 2.05) is 48.0 Å². The van der Waals surface area contributed by atoms with E-state index in [9.17, 15) is 9.59 Å². The molecule has 0 bridgehead atoms. The van der Waals surface area contributed by atoms with Gasteiger partial charge < -0.3 is 9.30 Å².